The van der Waals surface area contributed by atoms with Gasteiger partial charge in [0.2, 0.25) is 0 Å². The van der Waals surface area contributed by atoms with Crippen LogP contribution in [0.3, 0.4) is 0 Å². The summed E-state index contributed by atoms with van der Waals surface area (Å²) in [7, 11) is 0. The molecule has 0 spiro atoms. The molecule has 2 aliphatic rings. The van der Waals surface area contributed by atoms with Gasteiger partial charge >= 0.3 is 12.2 Å². The predicted octanol–water partition coefficient (Wildman–Crippen LogP) is 5.47. The Bertz CT molecular complexity index is 793. The fourth-order valence-corrected chi connectivity index (χ4v) is 3.88. The molecule has 3 rings (SSSR count). The van der Waals surface area contributed by atoms with E-state index in [0.29, 0.717) is 37.7 Å². The Morgan fingerprint density at radius 1 is 0.733 bits per heavy atom. The molecular formula is C24H36N2O4. The van der Waals surface area contributed by atoms with Crippen molar-refractivity contribution in [3.05, 3.63) is 23.3 Å². The maximum absolute atomic E-state index is 12.8. The number of rotatable bonds is 2. The molecule has 0 N–H and O–H groups in total. The van der Waals surface area contributed by atoms with Crippen molar-refractivity contribution < 1.29 is 19.1 Å². The lowest BCUT2D eigenvalue weighted by atomic mass is 9.80. The van der Waals surface area contributed by atoms with Gasteiger partial charge in [-0.15, -0.1) is 0 Å². The normalized spacial score (nSPS) is 17.4. The topological polar surface area (TPSA) is 59.1 Å². The summed E-state index contributed by atoms with van der Waals surface area (Å²) >= 11 is 0. The first-order chi connectivity index (χ1) is 14.0. The molecule has 6 nitrogen and oxygen atoms in total. The zero-order valence-corrected chi connectivity index (χ0v) is 19.3. The molecule has 6 heteroatoms. The fraction of sp³-hybridized carbons (Fsp3) is 0.667. The number of benzene rings is 1. The van der Waals surface area contributed by atoms with Gasteiger partial charge in [0.05, 0.1) is 0 Å². The number of carbonyl (C=O) groups excluding carboxylic acids is 2. The van der Waals surface area contributed by atoms with Gasteiger partial charge < -0.3 is 19.3 Å². The van der Waals surface area contributed by atoms with Crippen LogP contribution in [0.2, 0.25) is 0 Å². The minimum Gasteiger partial charge on any atom is -0.406 e. The molecule has 0 bridgehead atoms. The number of nitrogens with zero attached hydrogens (tertiary/aromatic N) is 2. The summed E-state index contributed by atoms with van der Waals surface area (Å²) in [5.41, 5.74) is 1.47. The Morgan fingerprint density at radius 3 is 1.63 bits per heavy atom. The van der Waals surface area contributed by atoms with Gasteiger partial charge in [-0.2, -0.15) is 0 Å². The molecule has 2 saturated heterocycles. The number of amides is 2. The van der Waals surface area contributed by atoms with Gasteiger partial charge in [0.15, 0.2) is 11.5 Å². The lowest BCUT2D eigenvalue weighted by Gasteiger charge is -2.29. The number of carbonyl (C=O) groups is 2. The van der Waals surface area contributed by atoms with Crippen molar-refractivity contribution in [1.82, 2.24) is 9.80 Å². The van der Waals surface area contributed by atoms with Crippen LogP contribution in [0, 0.1) is 0 Å². The van der Waals surface area contributed by atoms with Crippen LogP contribution in [0.5, 0.6) is 11.5 Å². The average molecular weight is 417 g/mol. The number of ether oxygens (including phenoxy) is 2. The van der Waals surface area contributed by atoms with Crippen molar-refractivity contribution in [2.24, 2.45) is 0 Å². The summed E-state index contributed by atoms with van der Waals surface area (Å²) in [5.74, 6) is 0.691. The van der Waals surface area contributed by atoms with Gasteiger partial charge in [-0.1, -0.05) is 47.6 Å². The van der Waals surface area contributed by atoms with Crippen molar-refractivity contribution in [2.75, 3.05) is 26.2 Å². The van der Waals surface area contributed by atoms with E-state index in [1.165, 1.54) is 0 Å². The molecule has 0 aliphatic carbocycles. The quantitative estimate of drug-likeness (QED) is 0.641. The number of hydrogen-bond acceptors (Lipinski definition) is 4. The zero-order valence-electron chi connectivity index (χ0n) is 19.3. The van der Waals surface area contributed by atoms with Gasteiger partial charge in [0.1, 0.15) is 0 Å². The van der Waals surface area contributed by atoms with E-state index in [4.69, 9.17) is 9.47 Å². The first-order valence-electron chi connectivity index (χ1n) is 11.1. The smallest absolute Gasteiger partial charge is 0.406 e. The summed E-state index contributed by atoms with van der Waals surface area (Å²) in [5, 5.41) is 0. The van der Waals surface area contributed by atoms with Crippen molar-refractivity contribution in [2.45, 2.75) is 78.1 Å². The van der Waals surface area contributed by atoms with Crippen LogP contribution in [0.1, 0.15) is 78.4 Å². The van der Waals surface area contributed by atoms with E-state index in [0.717, 1.165) is 36.8 Å². The molecule has 2 aliphatic heterocycles. The second-order valence-corrected chi connectivity index (χ2v) is 10.5. The Balaban J connectivity index is 2.04. The monoisotopic (exact) mass is 416 g/mol. The van der Waals surface area contributed by atoms with Crippen LogP contribution in [0.25, 0.3) is 0 Å². The number of likely N-dealkylation sites (tertiary alicyclic amines) is 2. The van der Waals surface area contributed by atoms with E-state index in [9.17, 15) is 9.59 Å². The van der Waals surface area contributed by atoms with Crippen molar-refractivity contribution in [3.63, 3.8) is 0 Å². The second kappa shape index (κ2) is 8.48. The van der Waals surface area contributed by atoms with E-state index >= 15 is 0 Å². The van der Waals surface area contributed by atoms with E-state index < -0.39 is 0 Å². The maximum atomic E-state index is 12.8. The SMILES string of the molecule is CC(C)(C)c1cc(OC(=O)N2CCCC2)c(OC(=O)N2CCCC2)c(C(C)(C)C)c1. The third-order valence-corrected chi connectivity index (χ3v) is 5.84. The van der Waals surface area contributed by atoms with Gasteiger partial charge in [-0.05, 0) is 48.1 Å². The lowest BCUT2D eigenvalue weighted by Crippen LogP contribution is -2.33. The van der Waals surface area contributed by atoms with Crippen molar-refractivity contribution in [1.29, 1.82) is 0 Å². The Kier molecular flexibility index (Phi) is 6.34. The molecule has 2 fully saturated rings. The molecule has 1 aromatic rings. The Hall–Kier alpha value is -2.24. The van der Waals surface area contributed by atoms with Crippen LogP contribution >= 0.6 is 0 Å². The minimum absolute atomic E-state index is 0.147. The molecule has 0 radical (unpaired) electrons. The number of hydrogen-bond donors (Lipinski definition) is 0. The minimum atomic E-state index is -0.378. The van der Waals surface area contributed by atoms with Crippen LogP contribution in [-0.2, 0) is 10.8 Å². The Labute approximate surface area is 180 Å². The zero-order chi connectivity index (χ0) is 22.1. The largest absolute Gasteiger partial charge is 0.415 e. The summed E-state index contributed by atoms with van der Waals surface area (Å²) in [4.78, 5) is 29.0. The summed E-state index contributed by atoms with van der Waals surface area (Å²) < 4.78 is 11.8. The highest BCUT2D eigenvalue weighted by Crippen LogP contribution is 2.43. The Morgan fingerprint density at radius 2 is 1.20 bits per heavy atom. The van der Waals surface area contributed by atoms with E-state index in [-0.39, 0.29) is 23.0 Å². The van der Waals surface area contributed by atoms with Gasteiger partial charge in [0.25, 0.3) is 0 Å². The molecule has 166 valence electrons. The third kappa shape index (κ3) is 5.08. The highest BCUT2D eigenvalue weighted by Gasteiger charge is 2.31. The molecule has 0 saturated carbocycles. The van der Waals surface area contributed by atoms with Gasteiger partial charge in [-0.3, -0.25) is 0 Å². The first kappa shape index (κ1) is 22.4. The van der Waals surface area contributed by atoms with E-state index in [1.54, 1.807) is 9.80 Å². The molecular weight excluding hydrogens is 380 g/mol. The summed E-state index contributed by atoms with van der Waals surface area (Å²) in [6.45, 7) is 15.4. The average Bonchev–Trinajstić information content (AvgIpc) is 3.35. The van der Waals surface area contributed by atoms with E-state index in [1.807, 2.05) is 6.07 Å². The molecule has 1 aromatic carbocycles. The predicted molar refractivity (Wildman–Crippen MR) is 118 cm³/mol. The molecule has 30 heavy (non-hydrogen) atoms. The van der Waals surface area contributed by atoms with Gasteiger partial charge in [-0.25, -0.2) is 9.59 Å². The molecule has 2 heterocycles. The molecule has 0 aromatic heterocycles. The van der Waals surface area contributed by atoms with Crippen molar-refractivity contribution in [3.8, 4) is 11.5 Å². The molecule has 0 atom stereocenters. The highest BCUT2D eigenvalue weighted by atomic mass is 16.6. The lowest BCUT2D eigenvalue weighted by molar-refractivity contribution is 0.151. The molecule has 0 unspecified atom stereocenters. The summed E-state index contributed by atoms with van der Waals surface area (Å²) in [6, 6.07) is 3.94. The summed E-state index contributed by atoms with van der Waals surface area (Å²) in [6.07, 6.45) is 3.20. The van der Waals surface area contributed by atoms with Crippen LogP contribution in [0.4, 0.5) is 9.59 Å². The van der Waals surface area contributed by atoms with Crippen LogP contribution < -0.4 is 9.47 Å². The van der Waals surface area contributed by atoms with Crippen LogP contribution in [0.15, 0.2) is 12.1 Å². The highest BCUT2D eigenvalue weighted by molar-refractivity contribution is 5.76. The third-order valence-electron chi connectivity index (χ3n) is 5.84. The second-order valence-electron chi connectivity index (χ2n) is 10.5. The fourth-order valence-electron chi connectivity index (χ4n) is 3.88. The van der Waals surface area contributed by atoms with Crippen LogP contribution in [-0.4, -0.2) is 48.2 Å². The van der Waals surface area contributed by atoms with Crippen molar-refractivity contribution >= 4 is 12.2 Å². The van der Waals surface area contributed by atoms with Gasteiger partial charge in [0, 0.05) is 31.7 Å². The standard InChI is InChI=1S/C24H36N2O4/c1-23(2,3)17-15-18(24(4,5)6)20(30-22(28)26-13-9-10-14-26)19(16-17)29-21(27)25-11-7-8-12-25/h15-16H,7-14H2,1-6H3. The van der Waals surface area contributed by atoms with E-state index in [2.05, 4.69) is 47.6 Å². The maximum Gasteiger partial charge on any atom is 0.415 e. The molecule has 2 amide bonds. The first-order valence-corrected chi connectivity index (χ1v) is 11.1.